The summed E-state index contributed by atoms with van der Waals surface area (Å²) in [6.45, 7) is 0. The number of hydrogen-bond acceptors (Lipinski definition) is 5. The number of nitrogens with zero attached hydrogens (tertiary/aromatic N) is 4. The maximum Gasteiger partial charge on any atom is 0.159 e. The highest BCUT2D eigenvalue weighted by Crippen LogP contribution is 2.38. The normalized spacial score (nSPS) is 15.1. The van der Waals surface area contributed by atoms with Crippen molar-refractivity contribution in [2.24, 2.45) is 5.84 Å². The van der Waals surface area contributed by atoms with E-state index in [9.17, 15) is 0 Å². The van der Waals surface area contributed by atoms with E-state index in [1.54, 1.807) is 16.9 Å². The van der Waals surface area contributed by atoms with Gasteiger partial charge in [-0.05, 0) is 18.9 Å². The van der Waals surface area contributed by atoms with Crippen LogP contribution in [0.3, 0.4) is 0 Å². The van der Waals surface area contributed by atoms with E-state index in [1.165, 1.54) is 0 Å². The summed E-state index contributed by atoms with van der Waals surface area (Å²) >= 11 is 0. The Kier molecular flexibility index (Phi) is 2.07. The van der Waals surface area contributed by atoms with Gasteiger partial charge in [0.25, 0.3) is 0 Å². The fourth-order valence-electron chi connectivity index (χ4n) is 1.57. The molecule has 0 aliphatic heterocycles. The van der Waals surface area contributed by atoms with Crippen LogP contribution in [-0.2, 0) is 0 Å². The summed E-state index contributed by atoms with van der Waals surface area (Å²) in [7, 11) is 0. The van der Waals surface area contributed by atoms with Crippen LogP contribution in [0, 0.1) is 0 Å². The third-order valence-corrected chi connectivity index (χ3v) is 2.56. The number of nitrogens with one attached hydrogen (secondary N) is 1. The molecule has 0 bridgehead atoms. The predicted octanol–water partition coefficient (Wildman–Crippen LogP) is 0.825. The Labute approximate surface area is 92.5 Å². The highest BCUT2D eigenvalue weighted by atomic mass is 15.3. The molecule has 1 fully saturated rings. The van der Waals surface area contributed by atoms with Gasteiger partial charge in [-0.15, -0.1) is 0 Å². The van der Waals surface area contributed by atoms with E-state index >= 15 is 0 Å². The van der Waals surface area contributed by atoms with Crippen LogP contribution in [0.15, 0.2) is 24.5 Å². The third kappa shape index (κ3) is 1.63. The molecule has 2 heterocycles. The van der Waals surface area contributed by atoms with Gasteiger partial charge in [0.15, 0.2) is 5.82 Å². The molecule has 0 amide bonds. The van der Waals surface area contributed by atoms with Gasteiger partial charge in [0.1, 0.15) is 11.6 Å². The molecule has 6 nitrogen and oxygen atoms in total. The molecular weight excluding hydrogens is 204 g/mol. The number of nitrogens with two attached hydrogens (primary N) is 1. The van der Waals surface area contributed by atoms with Crippen LogP contribution in [0.25, 0.3) is 5.82 Å². The first-order chi connectivity index (χ1) is 7.86. The van der Waals surface area contributed by atoms with Gasteiger partial charge >= 0.3 is 0 Å². The molecule has 6 heteroatoms. The third-order valence-electron chi connectivity index (χ3n) is 2.56. The van der Waals surface area contributed by atoms with Gasteiger partial charge in [0.05, 0.1) is 0 Å². The first-order valence-corrected chi connectivity index (χ1v) is 5.22. The molecule has 0 unspecified atom stereocenters. The lowest BCUT2D eigenvalue weighted by Crippen LogP contribution is -2.12. The summed E-state index contributed by atoms with van der Waals surface area (Å²) in [6.07, 6.45) is 5.88. The molecule has 1 saturated carbocycles. The number of rotatable bonds is 3. The molecule has 0 radical (unpaired) electrons. The Morgan fingerprint density at radius 2 is 2.25 bits per heavy atom. The van der Waals surface area contributed by atoms with Crippen molar-refractivity contribution in [2.75, 3.05) is 5.43 Å². The molecule has 0 spiro atoms. The Morgan fingerprint density at radius 1 is 1.38 bits per heavy atom. The average molecular weight is 216 g/mol. The standard InChI is InChI=1S/C10H12N6/c11-15-8-6-9(16-5-1-4-12-16)14-10(13-8)7-2-3-7/h1,4-7H,2-3,11H2,(H,13,14,15). The van der Waals surface area contributed by atoms with E-state index < -0.39 is 0 Å². The van der Waals surface area contributed by atoms with Crippen LogP contribution in [0.5, 0.6) is 0 Å². The van der Waals surface area contributed by atoms with Gasteiger partial charge in [-0.1, -0.05) is 0 Å². The number of nitrogen functional groups attached to an aromatic ring is 1. The quantitative estimate of drug-likeness (QED) is 0.586. The molecule has 82 valence electrons. The second kappa shape index (κ2) is 3.57. The molecular formula is C10H12N6. The van der Waals surface area contributed by atoms with Gasteiger partial charge in [0, 0.05) is 24.4 Å². The molecule has 1 aliphatic carbocycles. The highest BCUT2D eigenvalue weighted by Gasteiger charge is 2.27. The van der Waals surface area contributed by atoms with E-state index in [2.05, 4.69) is 20.5 Å². The van der Waals surface area contributed by atoms with Crippen molar-refractivity contribution in [3.63, 3.8) is 0 Å². The van der Waals surface area contributed by atoms with Gasteiger partial charge < -0.3 is 5.43 Å². The number of anilines is 1. The van der Waals surface area contributed by atoms with Gasteiger partial charge in [-0.3, -0.25) is 0 Å². The number of aromatic nitrogens is 4. The maximum atomic E-state index is 5.39. The molecule has 0 atom stereocenters. The monoisotopic (exact) mass is 216 g/mol. The van der Waals surface area contributed by atoms with Crippen molar-refractivity contribution in [3.8, 4) is 5.82 Å². The zero-order chi connectivity index (χ0) is 11.0. The van der Waals surface area contributed by atoms with Crippen molar-refractivity contribution in [1.29, 1.82) is 0 Å². The first-order valence-electron chi connectivity index (χ1n) is 5.22. The number of hydrogen-bond donors (Lipinski definition) is 2. The molecule has 3 rings (SSSR count). The Balaban J connectivity index is 2.06. The van der Waals surface area contributed by atoms with Crippen LogP contribution in [0.2, 0.25) is 0 Å². The molecule has 0 aromatic carbocycles. The van der Waals surface area contributed by atoms with E-state index in [0.29, 0.717) is 11.7 Å². The highest BCUT2D eigenvalue weighted by molar-refractivity contribution is 5.41. The fourth-order valence-corrected chi connectivity index (χ4v) is 1.57. The van der Waals surface area contributed by atoms with Crippen molar-refractivity contribution < 1.29 is 0 Å². The lowest BCUT2D eigenvalue weighted by Gasteiger charge is -2.06. The largest absolute Gasteiger partial charge is 0.308 e. The Bertz CT molecular complexity index is 488. The Morgan fingerprint density at radius 3 is 2.88 bits per heavy atom. The van der Waals surface area contributed by atoms with Crippen molar-refractivity contribution in [2.45, 2.75) is 18.8 Å². The molecule has 0 saturated heterocycles. The molecule has 1 aliphatic rings. The molecule has 2 aromatic heterocycles. The zero-order valence-corrected chi connectivity index (χ0v) is 8.67. The van der Waals surface area contributed by atoms with Crippen LogP contribution < -0.4 is 11.3 Å². The summed E-state index contributed by atoms with van der Waals surface area (Å²) in [5, 5.41) is 4.14. The smallest absolute Gasteiger partial charge is 0.159 e. The van der Waals surface area contributed by atoms with Crippen LogP contribution >= 0.6 is 0 Å². The summed E-state index contributed by atoms with van der Waals surface area (Å²) < 4.78 is 1.70. The first kappa shape index (κ1) is 9.29. The summed E-state index contributed by atoms with van der Waals surface area (Å²) in [5.74, 6) is 8.10. The second-order valence-electron chi connectivity index (χ2n) is 3.84. The summed E-state index contributed by atoms with van der Waals surface area (Å²) in [5.41, 5.74) is 2.56. The predicted molar refractivity (Wildman–Crippen MR) is 58.9 cm³/mol. The minimum absolute atomic E-state index is 0.489. The van der Waals surface area contributed by atoms with E-state index in [-0.39, 0.29) is 0 Å². The average Bonchev–Trinajstić information content (AvgIpc) is 3.04. The second-order valence-corrected chi connectivity index (χ2v) is 3.84. The SMILES string of the molecule is NNc1cc(-n2cccn2)nc(C2CC2)n1. The Hall–Kier alpha value is -1.95. The maximum absolute atomic E-state index is 5.39. The molecule has 16 heavy (non-hydrogen) atoms. The minimum atomic E-state index is 0.489. The number of hydrazine groups is 1. The van der Waals surface area contributed by atoms with Gasteiger partial charge in [-0.2, -0.15) is 5.10 Å². The van der Waals surface area contributed by atoms with E-state index in [0.717, 1.165) is 24.5 Å². The molecule has 2 aromatic rings. The van der Waals surface area contributed by atoms with Crippen LogP contribution in [0.1, 0.15) is 24.6 Å². The van der Waals surface area contributed by atoms with Crippen molar-refractivity contribution >= 4 is 5.82 Å². The molecule has 3 N–H and O–H groups in total. The lowest BCUT2D eigenvalue weighted by molar-refractivity contribution is 0.810. The van der Waals surface area contributed by atoms with Gasteiger partial charge in [0.2, 0.25) is 0 Å². The van der Waals surface area contributed by atoms with E-state index in [4.69, 9.17) is 5.84 Å². The van der Waals surface area contributed by atoms with Crippen LogP contribution in [0.4, 0.5) is 5.82 Å². The summed E-state index contributed by atoms with van der Waals surface area (Å²) in [6, 6.07) is 3.63. The van der Waals surface area contributed by atoms with Gasteiger partial charge in [-0.25, -0.2) is 20.5 Å². The fraction of sp³-hybridized carbons (Fsp3) is 0.300. The summed E-state index contributed by atoms with van der Waals surface area (Å²) in [4.78, 5) is 8.82. The van der Waals surface area contributed by atoms with Crippen molar-refractivity contribution in [3.05, 3.63) is 30.4 Å². The topological polar surface area (TPSA) is 81.6 Å². The van der Waals surface area contributed by atoms with E-state index in [1.807, 2.05) is 12.3 Å². The zero-order valence-electron chi connectivity index (χ0n) is 8.67. The minimum Gasteiger partial charge on any atom is -0.308 e. The van der Waals surface area contributed by atoms with Crippen LogP contribution in [-0.4, -0.2) is 19.7 Å². The lowest BCUT2D eigenvalue weighted by atomic mass is 10.4. The van der Waals surface area contributed by atoms with Crippen molar-refractivity contribution in [1.82, 2.24) is 19.7 Å².